The summed E-state index contributed by atoms with van der Waals surface area (Å²) in [5.74, 6) is -16.1. The normalized spacial score (nSPS) is 13.0. The molecule has 0 unspecified atom stereocenters. The predicted molar refractivity (Wildman–Crippen MR) is 166 cm³/mol. The molecule has 3 rings (SSSR count). The van der Waals surface area contributed by atoms with Crippen molar-refractivity contribution in [3.8, 4) is 11.5 Å². The number of benzene rings is 2. The molecule has 0 radical (unpaired) electrons. The van der Waals surface area contributed by atoms with Crippen LogP contribution in [0.4, 0.5) is 30.7 Å². The van der Waals surface area contributed by atoms with E-state index < -0.39 is 104 Å². The third-order valence-corrected chi connectivity index (χ3v) is 6.15. The summed E-state index contributed by atoms with van der Waals surface area (Å²) in [6.45, 7) is 16.1. The lowest BCUT2D eigenvalue weighted by molar-refractivity contribution is -0.203. The third-order valence-electron chi connectivity index (χ3n) is 6.15. The number of hydrogen-bond acceptors (Lipinski definition) is 8. The fraction of sp³-hybridized carbons (Fsp3) is 0.500. The van der Waals surface area contributed by atoms with E-state index in [4.69, 9.17) is 4.84 Å². The Morgan fingerprint density at radius 3 is 1.34 bits per heavy atom. The van der Waals surface area contributed by atoms with Crippen molar-refractivity contribution < 1.29 is 69.0 Å². The number of amides is 2. The lowest BCUT2D eigenvalue weighted by Gasteiger charge is -2.19. The summed E-state index contributed by atoms with van der Waals surface area (Å²) < 4.78 is 102. The zero-order chi connectivity index (χ0) is 38.6. The minimum Gasteiger partial charge on any atom is -0.420 e. The molecule has 1 fully saturated rings. The average molecular weight is 726 g/mol. The summed E-state index contributed by atoms with van der Waals surface area (Å²) in [6.07, 6.45) is 0.243. The minimum atomic E-state index is -1.87. The Morgan fingerprint density at radius 2 is 0.960 bits per heavy atom. The van der Waals surface area contributed by atoms with Crippen LogP contribution in [0.1, 0.15) is 93.7 Å². The summed E-state index contributed by atoms with van der Waals surface area (Å²) in [5, 5.41) is 0.563. The van der Waals surface area contributed by atoms with Gasteiger partial charge in [-0.3, -0.25) is 19.2 Å². The standard InChI is InChI=1S/C12H12F4O2.C12H13F3O2.C9H13NO4.CH4/c1-5-6(13)8(15)9(16)10(7(5)14)18-11(17)12(2,3)4;1-6-5-7(13)9(15)10(8(6)14)17-11(16)12(2,3)4;1-9(2,3)8(13)14-10-6(11)4-5-7(10)12;/h1-4H3;5H,1-4H3;4-5H2,1-3H3;1H4. The van der Waals surface area contributed by atoms with Crippen molar-refractivity contribution in [3.63, 3.8) is 0 Å². The van der Waals surface area contributed by atoms with Gasteiger partial charge in [-0.2, -0.15) is 8.78 Å². The maximum atomic E-state index is 13.5. The van der Waals surface area contributed by atoms with Crippen LogP contribution in [0.3, 0.4) is 0 Å². The average Bonchev–Trinajstić information content (AvgIpc) is 3.29. The second-order valence-electron chi connectivity index (χ2n) is 13.8. The first-order valence-electron chi connectivity index (χ1n) is 14.5. The highest BCUT2D eigenvalue weighted by Crippen LogP contribution is 2.32. The van der Waals surface area contributed by atoms with E-state index in [2.05, 4.69) is 9.47 Å². The van der Waals surface area contributed by atoms with Gasteiger partial charge in [0.15, 0.2) is 29.1 Å². The van der Waals surface area contributed by atoms with E-state index in [-0.39, 0.29) is 25.8 Å². The number of carbonyl (C=O) groups excluding carboxylic acids is 5. The SMILES string of the molecule is C.CC(C)(C)C(=O)ON1C(=O)CCC1=O.Cc1c(F)c(F)c(F)c(OC(=O)C(C)(C)C)c1F.Cc1cc(F)c(F)c(OC(=O)C(C)(C)C)c1F. The molecule has 50 heavy (non-hydrogen) atoms. The second-order valence-corrected chi connectivity index (χ2v) is 13.8. The summed E-state index contributed by atoms with van der Waals surface area (Å²) in [4.78, 5) is 61.1. The van der Waals surface area contributed by atoms with Crippen LogP contribution in [0.2, 0.25) is 0 Å². The Bertz CT molecular complexity index is 1570. The molecule has 280 valence electrons. The van der Waals surface area contributed by atoms with Gasteiger partial charge in [-0.05, 0) is 87.8 Å². The highest BCUT2D eigenvalue weighted by Gasteiger charge is 2.36. The fourth-order valence-electron chi connectivity index (χ4n) is 2.97. The van der Waals surface area contributed by atoms with Crippen LogP contribution in [0.25, 0.3) is 0 Å². The van der Waals surface area contributed by atoms with Crippen LogP contribution in [0.15, 0.2) is 6.07 Å². The molecule has 1 saturated heterocycles. The Kier molecular flexibility index (Phi) is 15.4. The van der Waals surface area contributed by atoms with Gasteiger partial charge in [-0.25, -0.2) is 26.7 Å². The Balaban J connectivity index is 0.000000719. The number of carbonyl (C=O) groups is 5. The van der Waals surface area contributed by atoms with Gasteiger partial charge in [0.1, 0.15) is 0 Å². The zero-order valence-corrected chi connectivity index (χ0v) is 28.9. The molecule has 0 N–H and O–H groups in total. The van der Waals surface area contributed by atoms with Crippen molar-refractivity contribution in [1.82, 2.24) is 5.06 Å². The van der Waals surface area contributed by atoms with E-state index >= 15 is 0 Å². The molecule has 1 heterocycles. The number of hydroxylamine groups is 2. The van der Waals surface area contributed by atoms with Gasteiger partial charge in [-0.15, -0.1) is 5.06 Å². The van der Waals surface area contributed by atoms with Crippen LogP contribution in [0, 0.1) is 70.8 Å². The van der Waals surface area contributed by atoms with E-state index in [1.807, 2.05) is 0 Å². The summed E-state index contributed by atoms with van der Waals surface area (Å²) >= 11 is 0. The van der Waals surface area contributed by atoms with Crippen molar-refractivity contribution >= 4 is 29.7 Å². The molecule has 2 amide bonds. The first kappa shape index (κ1) is 45.5. The molecule has 0 aliphatic carbocycles. The first-order valence-corrected chi connectivity index (χ1v) is 14.5. The number of nitrogens with zero attached hydrogens (tertiary/aromatic N) is 1. The lowest BCUT2D eigenvalue weighted by atomic mass is 9.97. The van der Waals surface area contributed by atoms with E-state index in [1.54, 1.807) is 20.8 Å². The van der Waals surface area contributed by atoms with Crippen molar-refractivity contribution in [2.75, 3.05) is 0 Å². The van der Waals surface area contributed by atoms with E-state index in [0.717, 1.165) is 6.92 Å². The number of hydrogen-bond donors (Lipinski definition) is 0. The third kappa shape index (κ3) is 11.5. The molecule has 2 aromatic carbocycles. The predicted octanol–water partition coefficient (Wildman–Crippen LogP) is 8.14. The van der Waals surface area contributed by atoms with Crippen LogP contribution < -0.4 is 9.47 Å². The maximum absolute atomic E-state index is 13.5. The molecule has 1 aliphatic rings. The van der Waals surface area contributed by atoms with Gasteiger partial charge >= 0.3 is 17.9 Å². The van der Waals surface area contributed by atoms with Crippen LogP contribution in [0.5, 0.6) is 11.5 Å². The highest BCUT2D eigenvalue weighted by atomic mass is 19.2. The smallest absolute Gasteiger partial charge is 0.338 e. The van der Waals surface area contributed by atoms with Crippen LogP contribution in [-0.2, 0) is 28.8 Å². The molecule has 2 aromatic rings. The molecule has 0 saturated carbocycles. The summed E-state index contributed by atoms with van der Waals surface area (Å²) in [7, 11) is 0. The maximum Gasteiger partial charge on any atom is 0.338 e. The Hall–Kier alpha value is -4.50. The van der Waals surface area contributed by atoms with Gasteiger partial charge in [0.25, 0.3) is 11.8 Å². The van der Waals surface area contributed by atoms with Crippen molar-refractivity contribution in [1.29, 1.82) is 0 Å². The molecule has 9 nitrogen and oxygen atoms in total. The number of rotatable bonds is 3. The summed E-state index contributed by atoms with van der Waals surface area (Å²) in [6, 6.07) is 0.707. The number of halogens is 7. The van der Waals surface area contributed by atoms with E-state index in [1.165, 1.54) is 48.5 Å². The number of imide groups is 1. The fourth-order valence-corrected chi connectivity index (χ4v) is 2.97. The highest BCUT2D eigenvalue weighted by molar-refractivity contribution is 6.01. The van der Waals surface area contributed by atoms with Crippen molar-refractivity contribution in [2.45, 2.75) is 96.4 Å². The second kappa shape index (κ2) is 16.9. The largest absolute Gasteiger partial charge is 0.420 e. The zero-order valence-electron chi connectivity index (χ0n) is 28.9. The van der Waals surface area contributed by atoms with Crippen LogP contribution in [-0.4, -0.2) is 34.8 Å². The van der Waals surface area contributed by atoms with Gasteiger partial charge in [0.05, 0.1) is 16.2 Å². The topological polar surface area (TPSA) is 116 Å². The molecule has 1 aliphatic heterocycles. The Labute approximate surface area is 286 Å². The molecular formula is C34H42F7NO8. The molecular weight excluding hydrogens is 683 g/mol. The Morgan fingerprint density at radius 1 is 0.580 bits per heavy atom. The van der Waals surface area contributed by atoms with E-state index in [0.29, 0.717) is 11.1 Å². The minimum absolute atomic E-state index is 0. The lowest BCUT2D eigenvalue weighted by Crippen LogP contribution is -2.36. The molecule has 16 heteroatoms. The van der Waals surface area contributed by atoms with E-state index in [9.17, 15) is 54.7 Å². The van der Waals surface area contributed by atoms with Gasteiger partial charge < -0.3 is 14.3 Å². The monoisotopic (exact) mass is 725 g/mol. The molecule has 0 atom stereocenters. The quantitative estimate of drug-likeness (QED) is 0.0778. The van der Waals surface area contributed by atoms with Gasteiger partial charge in [0.2, 0.25) is 23.1 Å². The van der Waals surface area contributed by atoms with Gasteiger partial charge in [-0.1, -0.05) is 7.43 Å². The molecule has 0 spiro atoms. The van der Waals surface area contributed by atoms with Crippen molar-refractivity contribution in [2.24, 2.45) is 16.2 Å². The number of ether oxygens (including phenoxy) is 2. The summed E-state index contributed by atoms with van der Waals surface area (Å²) in [5.41, 5.74) is -3.55. The number of aryl methyl sites for hydroxylation is 1. The molecule has 0 aromatic heterocycles. The molecule has 0 bridgehead atoms. The van der Waals surface area contributed by atoms with Gasteiger partial charge in [0, 0.05) is 18.4 Å². The first-order chi connectivity index (χ1) is 22.0. The number of esters is 2. The van der Waals surface area contributed by atoms with Crippen LogP contribution >= 0.6 is 0 Å². The van der Waals surface area contributed by atoms with Crippen molar-refractivity contribution in [3.05, 3.63) is 57.9 Å².